The molecule has 0 aliphatic carbocycles. The summed E-state index contributed by atoms with van der Waals surface area (Å²) in [5.74, 6) is 0.984. The molecule has 2 heterocycles. The number of rotatable bonds is 7. The zero-order chi connectivity index (χ0) is 20.1. The van der Waals surface area contributed by atoms with Gasteiger partial charge in [-0.05, 0) is 30.0 Å². The van der Waals surface area contributed by atoms with Gasteiger partial charge >= 0.3 is 0 Å². The fourth-order valence-electron chi connectivity index (χ4n) is 3.52. The number of fused-ring (bicyclic) bond motifs is 1. The Balaban J connectivity index is 1.24. The Morgan fingerprint density at radius 1 is 1.10 bits per heavy atom. The van der Waals surface area contributed by atoms with Crippen molar-refractivity contribution >= 4 is 44.4 Å². The van der Waals surface area contributed by atoms with Crippen LogP contribution in [0.1, 0.15) is 17.3 Å². The first-order chi connectivity index (χ1) is 14.2. The molecule has 2 aromatic carbocycles. The van der Waals surface area contributed by atoms with E-state index in [1.165, 1.54) is 4.70 Å². The van der Waals surface area contributed by atoms with Gasteiger partial charge in [-0.25, -0.2) is 4.98 Å². The second kappa shape index (κ2) is 9.61. The number of thiazole rings is 1. The molecule has 1 aliphatic heterocycles. The van der Waals surface area contributed by atoms with E-state index in [1.54, 1.807) is 23.1 Å². The molecule has 1 aliphatic rings. The van der Waals surface area contributed by atoms with Crippen LogP contribution in [0.2, 0.25) is 0 Å². The Hall–Kier alpha value is -2.09. The highest BCUT2D eigenvalue weighted by atomic mass is 32.2. The number of carbonyl (C=O) groups excluding carboxylic acids is 1. The van der Waals surface area contributed by atoms with E-state index in [2.05, 4.69) is 40.2 Å². The molecule has 0 atom stereocenters. The predicted octanol–water partition coefficient (Wildman–Crippen LogP) is 3.96. The van der Waals surface area contributed by atoms with Crippen molar-refractivity contribution in [1.82, 2.24) is 15.2 Å². The smallest absolute Gasteiger partial charge is 0.252 e. The van der Waals surface area contributed by atoms with Crippen LogP contribution in [0.4, 0.5) is 5.13 Å². The molecular weight excluding hydrogens is 400 g/mol. The Morgan fingerprint density at radius 2 is 1.86 bits per heavy atom. The third-order valence-corrected chi connectivity index (χ3v) is 7.12. The van der Waals surface area contributed by atoms with Crippen molar-refractivity contribution in [3.63, 3.8) is 0 Å². The Kier molecular flexibility index (Phi) is 6.69. The highest BCUT2D eigenvalue weighted by Crippen LogP contribution is 2.29. The van der Waals surface area contributed by atoms with Gasteiger partial charge in [-0.3, -0.25) is 9.69 Å². The zero-order valence-electron chi connectivity index (χ0n) is 16.6. The van der Waals surface area contributed by atoms with E-state index >= 15 is 0 Å². The molecule has 29 heavy (non-hydrogen) atoms. The number of carbonyl (C=O) groups is 1. The third-order valence-electron chi connectivity index (χ3n) is 5.07. The molecule has 3 aromatic rings. The van der Waals surface area contributed by atoms with Crippen molar-refractivity contribution in [2.24, 2.45) is 0 Å². The lowest BCUT2D eigenvalue weighted by atomic mass is 10.2. The van der Waals surface area contributed by atoms with Crippen molar-refractivity contribution < 1.29 is 4.79 Å². The monoisotopic (exact) mass is 426 g/mol. The molecule has 1 fully saturated rings. The maximum Gasteiger partial charge on any atom is 0.252 e. The summed E-state index contributed by atoms with van der Waals surface area (Å²) in [5.41, 5.74) is 1.86. The van der Waals surface area contributed by atoms with E-state index in [0.29, 0.717) is 6.54 Å². The highest BCUT2D eigenvalue weighted by molar-refractivity contribution is 7.99. The maximum absolute atomic E-state index is 12.5. The van der Waals surface area contributed by atoms with Crippen LogP contribution in [0.3, 0.4) is 0 Å². The third kappa shape index (κ3) is 4.91. The largest absolute Gasteiger partial charge is 0.351 e. The molecule has 5 nitrogen and oxygen atoms in total. The molecule has 152 valence electrons. The van der Waals surface area contributed by atoms with Crippen LogP contribution in [-0.4, -0.2) is 60.8 Å². The van der Waals surface area contributed by atoms with Gasteiger partial charge in [0, 0.05) is 44.2 Å². The minimum atomic E-state index is 0.0228. The fourth-order valence-corrected chi connectivity index (χ4v) is 5.34. The Labute approximate surface area is 180 Å². The van der Waals surface area contributed by atoms with Gasteiger partial charge in [0.15, 0.2) is 5.13 Å². The van der Waals surface area contributed by atoms with Crippen LogP contribution in [0.25, 0.3) is 10.2 Å². The molecule has 1 N–H and O–H groups in total. The summed E-state index contributed by atoms with van der Waals surface area (Å²) in [5, 5.41) is 4.20. The maximum atomic E-state index is 12.5. The molecule has 1 amide bonds. The van der Waals surface area contributed by atoms with Crippen molar-refractivity contribution in [3.8, 4) is 0 Å². The van der Waals surface area contributed by atoms with Crippen molar-refractivity contribution in [2.75, 3.05) is 49.9 Å². The van der Waals surface area contributed by atoms with Crippen LogP contribution in [0.5, 0.6) is 0 Å². The molecule has 7 heteroatoms. The molecule has 0 spiro atoms. The fraction of sp³-hybridized carbons (Fsp3) is 0.364. The van der Waals surface area contributed by atoms with Crippen LogP contribution in [0, 0.1) is 0 Å². The first kappa shape index (κ1) is 20.2. The molecule has 0 bridgehead atoms. The summed E-state index contributed by atoms with van der Waals surface area (Å²) in [6, 6.07) is 16.1. The Morgan fingerprint density at radius 3 is 2.66 bits per heavy atom. The molecular formula is C22H26N4OS2. The molecule has 0 radical (unpaired) electrons. The second-order valence-corrected chi connectivity index (χ2v) is 9.29. The van der Waals surface area contributed by atoms with E-state index in [0.717, 1.165) is 59.6 Å². The number of nitrogens with one attached hydrogen (secondary N) is 1. The van der Waals surface area contributed by atoms with Crippen LogP contribution in [0.15, 0.2) is 53.4 Å². The normalized spacial score (nSPS) is 15.0. The first-order valence-corrected chi connectivity index (χ1v) is 11.9. The van der Waals surface area contributed by atoms with Crippen molar-refractivity contribution in [3.05, 3.63) is 54.1 Å². The summed E-state index contributed by atoms with van der Waals surface area (Å²) in [6.07, 6.45) is 0. The number of hydrogen-bond donors (Lipinski definition) is 1. The molecule has 4 rings (SSSR count). The number of hydrogen-bond acceptors (Lipinski definition) is 6. The number of para-hydroxylation sites is 1. The van der Waals surface area contributed by atoms with Crippen LogP contribution in [-0.2, 0) is 0 Å². The van der Waals surface area contributed by atoms with E-state index in [9.17, 15) is 4.79 Å². The van der Waals surface area contributed by atoms with Gasteiger partial charge in [-0.1, -0.05) is 42.5 Å². The number of aromatic nitrogens is 1. The lowest BCUT2D eigenvalue weighted by Gasteiger charge is -2.34. The SMILES string of the molecule is CCSc1ccccc1C(=O)NCCN1CCN(c2nc3ccccc3s2)CC1. The quantitative estimate of drug-likeness (QED) is 0.580. The van der Waals surface area contributed by atoms with Crippen molar-refractivity contribution in [2.45, 2.75) is 11.8 Å². The molecule has 1 aromatic heterocycles. The lowest BCUT2D eigenvalue weighted by molar-refractivity contribution is 0.0945. The summed E-state index contributed by atoms with van der Waals surface area (Å²) in [6.45, 7) is 7.59. The van der Waals surface area contributed by atoms with Crippen LogP contribution >= 0.6 is 23.1 Å². The van der Waals surface area contributed by atoms with Gasteiger partial charge in [0.05, 0.1) is 15.8 Å². The average Bonchev–Trinajstić information content (AvgIpc) is 3.19. The topological polar surface area (TPSA) is 48.5 Å². The van der Waals surface area contributed by atoms with E-state index in [-0.39, 0.29) is 5.91 Å². The highest BCUT2D eigenvalue weighted by Gasteiger charge is 2.20. The van der Waals surface area contributed by atoms with E-state index in [4.69, 9.17) is 4.98 Å². The van der Waals surface area contributed by atoms with Crippen molar-refractivity contribution in [1.29, 1.82) is 0 Å². The number of nitrogens with zero attached hydrogens (tertiary/aromatic N) is 3. The van der Waals surface area contributed by atoms with Gasteiger partial charge in [0.25, 0.3) is 5.91 Å². The molecule has 0 saturated carbocycles. The van der Waals surface area contributed by atoms with Gasteiger partial charge in [-0.2, -0.15) is 0 Å². The minimum Gasteiger partial charge on any atom is -0.351 e. The number of piperazine rings is 1. The second-order valence-electron chi connectivity index (χ2n) is 6.98. The number of thioether (sulfide) groups is 1. The van der Waals surface area contributed by atoms with Gasteiger partial charge in [0.1, 0.15) is 0 Å². The molecule has 1 saturated heterocycles. The van der Waals surface area contributed by atoms with Crippen LogP contribution < -0.4 is 10.2 Å². The summed E-state index contributed by atoms with van der Waals surface area (Å²) >= 11 is 3.48. The summed E-state index contributed by atoms with van der Waals surface area (Å²) in [4.78, 5) is 23.2. The van der Waals surface area contributed by atoms with E-state index < -0.39 is 0 Å². The van der Waals surface area contributed by atoms with E-state index in [1.807, 2.05) is 30.3 Å². The van der Waals surface area contributed by atoms with Gasteiger partial charge < -0.3 is 10.2 Å². The average molecular weight is 427 g/mol. The Bertz CT molecular complexity index is 933. The predicted molar refractivity (Wildman–Crippen MR) is 123 cm³/mol. The number of benzene rings is 2. The standard InChI is InChI=1S/C22H26N4OS2/c1-2-28-19-9-5-3-7-17(19)21(27)23-11-12-25-13-15-26(16-14-25)22-24-18-8-4-6-10-20(18)29-22/h3-10H,2,11-16H2,1H3,(H,23,27). The zero-order valence-corrected chi connectivity index (χ0v) is 18.3. The van der Waals surface area contributed by atoms with Gasteiger partial charge in [0.2, 0.25) is 0 Å². The lowest BCUT2D eigenvalue weighted by Crippen LogP contribution is -2.48. The summed E-state index contributed by atoms with van der Waals surface area (Å²) < 4.78 is 1.24. The first-order valence-electron chi connectivity index (χ1n) is 10.1. The van der Waals surface area contributed by atoms with Gasteiger partial charge in [-0.15, -0.1) is 11.8 Å². The summed E-state index contributed by atoms with van der Waals surface area (Å²) in [7, 11) is 0. The number of anilines is 1. The molecule has 0 unspecified atom stereocenters. The minimum absolute atomic E-state index is 0.0228. The number of amides is 1.